The van der Waals surface area contributed by atoms with Gasteiger partial charge in [-0.05, 0) is 13.8 Å². The van der Waals surface area contributed by atoms with Gasteiger partial charge in [0.15, 0.2) is 5.79 Å². The van der Waals surface area contributed by atoms with Crippen molar-refractivity contribution < 1.29 is 23.0 Å². The summed E-state index contributed by atoms with van der Waals surface area (Å²) < 4.78 is 33.6. The lowest BCUT2D eigenvalue weighted by atomic mass is 10.2. The third-order valence-electron chi connectivity index (χ3n) is 1.54. The second kappa shape index (κ2) is 3.06. The van der Waals surface area contributed by atoms with E-state index in [1.807, 2.05) is 0 Å². The standard InChI is InChI=1S/C7H10F2O3/c1-7(2)11-3-4(12-7)5(10)6(8)9/h4,6H,3H2,1-2H3. The molecule has 1 atom stereocenters. The van der Waals surface area contributed by atoms with Crippen molar-refractivity contribution in [3.8, 4) is 0 Å². The number of rotatable bonds is 2. The maximum absolute atomic E-state index is 11.8. The molecule has 1 unspecified atom stereocenters. The molecule has 1 heterocycles. The molecule has 0 N–H and O–H groups in total. The van der Waals surface area contributed by atoms with Crippen LogP contribution in [-0.4, -0.2) is 30.7 Å². The predicted octanol–water partition coefficient (Wildman–Crippen LogP) is 0.972. The lowest BCUT2D eigenvalue weighted by Gasteiger charge is -2.16. The molecule has 0 aromatic heterocycles. The van der Waals surface area contributed by atoms with Crippen LogP contribution < -0.4 is 0 Å². The van der Waals surface area contributed by atoms with Crippen LogP contribution in [0.1, 0.15) is 13.8 Å². The van der Waals surface area contributed by atoms with Gasteiger partial charge in [0.25, 0.3) is 6.43 Å². The van der Waals surface area contributed by atoms with E-state index >= 15 is 0 Å². The van der Waals surface area contributed by atoms with Crippen molar-refractivity contribution in [3.05, 3.63) is 0 Å². The molecule has 0 amide bonds. The second-order valence-corrected chi connectivity index (χ2v) is 3.02. The Labute approximate surface area is 68.6 Å². The summed E-state index contributed by atoms with van der Waals surface area (Å²) in [6.07, 6.45) is -4.09. The number of halogens is 2. The van der Waals surface area contributed by atoms with Crippen LogP contribution in [-0.2, 0) is 14.3 Å². The van der Waals surface area contributed by atoms with Crippen LogP contribution in [0.4, 0.5) is 8.78 Å². The molecule has 0 bridgehead atoms. The molecule has 1 rings (SSSR count). The van der Waals surface area contributed by atoms with Gasteiger partial charge in [0.1, 0.15) is 6.10 Å². The summed E-state index contributed by atoms with van der Waals surface area (Å²) in [5, 5.41) is 0. The molecule has 0 aromatic carbocycles. The number of Topliss-reactive ketones (excluding diaryl/α,β-unsaturated/α-hetero) is 1. The van der Waals surface area contributed by atoms with E-state index in [1.54, 1.807) is 13.8 Å². The molecule has 12 heavy (non-hydrogen) atoms. The highest BCUT2D eigenvalue weighted by Gasteiger charge is 2.39. The van der Waals surface area contributed by atoms with Crippen LogP contribution in [0.2, 0.25) is 0 Å². The average molecular weight is 180 g/mol. The first-order valence-corrected chi connectivity index (χ1v) is 3.56. The Bertz CT molecular complexity index is 191. The van der Waals surface area contributed by atoms with Crippen molar-refractivity contribution >= 4 is 5.78 Å². The number of carbonyl (C=O) groups is 1. The molecule has 1 aliphatic rings. The SMILES string of the molecule is CC1(C)OCC(C(=O)C(F)F)O1. The zero-order valence-electron chi connectivity index (χ0n) is 6.84. The van der Waals surface area contributed by atoms with E-state index in [1.165, 1.54) is 0 Å². The maximum Gasteiger partial charge on any atom is 0.298 e. The van der Waals surface area contributed by atoms with Gasteiger partial charge in [0.05, 0.1) is 6.61 Å². The van der Waals surface area contributed by atoms with Crippen LogP contribution in [0, 0.1) is 0 Å². The number of ether oxygens (including phenoxy) is 2. The predicted molar refractivity (Wildman–Crippen MR) is 35.9 cm³/mol. The third kappa shape index (κ3) is 1.98. The third-order valence-corrected chi connectivity index (χ3v) is 1.54. The van der Waals surface area contributed by atoms with Gasteiger partial charge in [-0.1, -0.05) is 0 Å². The smallest absolute Gasteiger partial charge is 0.298 e. The molecular weight excluding hydrogens is 170 g/mol. The molecule has 0 spiro atoms. The summed E-state index contributed by atoms with van der Waals surface area (Å²) >= 11 is 0. The number of carbonyl (C=O) groups excluding carboxylic acids is 1. The van der Waals surface area contributed by atoms with Crippen LogP contribution in [0.5, 0.6) is 0 Å². The molecule has 0 radical (unpaired) electrons. The number of alkyl halides is 2. The minimum Gasteiger partial charge on any atom is -0.347 e. The Morgan fingerprint density at radius 2 is 2.17 bits per heavy atom. The fourth-order valence-corrected chi connectivity index (χ4v) is 0.968. The second-order valence-electron chi connectivity index (χ2n) is 3.02. The molecule has 0 aliphatic carbocycles. The largest absolute Gasteiger partial charge is 0.347 e. The molecule has 1 fully saturated rings. The Balaban J connectivity index is 2.53. The Kier molecular flexibility index (Phi) is 2.44. The molecule has 1 saturated heterocycles. The first kappa shape index (κ1) is 9.54. The van der Waals surface area contributed by atoms with Crippen molar-refractivity contribution in [2.75, 3.05) is 6.61 Å². The van der Waals surface area contributed by atoms with Crippen LogP contribution in [0.15, 0.2) is 0 Å². The highest BCUT2D eigenvalue weighted by atomic mass is 19.3. The molecule has 3 nitrogen and oxygen atoms in total. The van der Waals surface area contributed by atoms with Gasteiger partial charge in [-0.2, -0.15) is 0 Å². The summed E-state index contributed by atoms with van der Waals surface area (Å²) in [6.45, 7) is 3.06. The van der Waals surface area contributed by atoms with Crippen molar-refractivity contribution in [1.82, 2.24) is 0 Å². The van der Waals surface area contributed by atoms with Crippen LogP contribution >= 0.6 is 0 Å². The first-order valence-electron chi connectivity index (χ1n) is 3.56. The quantitative estimate of drug-likeness (QED) is 0.635. The van der Waals surface area contributed by atoms with Gasteiger partial charge in [0.2, 0.25) is 5.78 Å². The van der Waals surface area contributed by atoms with E-state index in [0.717, 1.165) is 0 Å². The Morgan fingerprint density at radius 3 is 2.50 bits per heavy atom. The Morgan fingerprint density at radius 1 is 1.58 bits per heavy atom. The maximum atomic E-state index is 11.8. The lowest BCUT2D eigenvalue weighted by molar-refractivity contribution is -0.158. The van der Waals surface area contributed by atoms with E-state index < -0.39 is 24.1 Å². The lowest BCUT2D eigenvalue weighted by Crippen LogP contribution is -2.31. The van der Waals surface area contributed by atoms with Gasteiger partial charge < -0.3 is 9.47 Å². The molecule has 5 heteroatoms. The molecule has 70 valence electrons. The van der Waals surface area contributed by atoms with Gasteiger partial charge in [-0.25, -0.2) is 8.78 Å². The van der Waals surface area contributed by atoms with Crippen molar-refractivity contribution in [1.29, 1.82) is 0 Å². The molecule has 1 aliphatic heterocycles. The minimum absolute atomic E-state index is 0.0871. The topological polar surface area (TPSA) is 35.5 Å². The normalized spacial score (nSPS) is 27.9. The van der Waals surface area contributed by atoms with Crippen LogP contribution in [0.3, 0.4) is 0 Å². The highest BCUT2D eigenvalue weighted by Crippen LogP contribution is 2.23. The summed E-state index contributed by atoms with van der Waals surface area (Å²) in [4.78, 5) is 10.7. The van der Waals surface area contributed by atoms with Gasteiger partial charge >= 0.3 is 0 Å². The average Bonchev–Trinajstić information content (AvgIpc) is 2.28. The van der Waals surface area contributed by atoms with Crippen molar-refractivity contribution in [3.63, 3.8) is 0 Å². The van der Waals surface area contributed by atoms with Gasteiger partial charge in [-0.3, -0.25) is 4.79 Å². The zero-order chi connectivity index (χ0) is 9.35. The van der Waals surface area contributed by atoms with Crippen LogP contribution in [0.25, 0.3) is 0 Å². The van der Waals surface area contributed by atoms with E-state index in [-0.39, 0.29) is 6.61 Å². The summed E-state index contributed by atoms with van der Waals surface area (Å²) in [5.74, 6) is -2.13. The van der Waals surface area contributed by atoms with Gasteiger partial charge in [-0.15, -0.1) is 0 Å². The number of hydrogen-bond donors (Lipinski definition) is 0. The van der Waals surface area contributed by atoms with E-state index in [4.69, 9.17) is 9.47 Å². The van der Waals surface area contributed by atoms with E-state index in [2.05, 4.69) is 0 Å². The molecule has 0 aromatic rings. The van der Waals surface area contributed by atoms with E-state index in [0.29, 0.717) is 0 Å². The number of ketones is 1. The first-order chi connectivity index (χ1) is 5.42. The highest BCUT2D eigenvalue weighted by molar-refractivity contribution is 5.86. The number of hydrogen-bond acceptors (Lipinski definition) is 3. The Hall–Kier alpha value is -0.550. The molecule has 0 saturated carbocycles. The minimum atomic E-state index is -2.98. The molecular formula is C7H10F2O3. The summed E-state index contributed by atoms with van der Waals surface area (Å²) in [7, 11) is 0. The van der Waals surface area contributed by atoms with E-state index in [9.17, 15) is 13.6 Å². The fraction of sp³-hybridized carbons (Fsp3) is 0.857. The zero-order valence-corrected chi connectivity index (χ0v) is 6.84. The van der Waals surface area contributed by atoms with Crippen molar-refractivity contribution in [2.45, 2.75) is 32.2 Å². The monoisotopic (exact) mass is 180 g/mol. The summed E-state index contributed by atoms with van der Waals surface area (Å²) in [5.41, 5.74) is 0. The van der Waals surface area contributed by atoms with Crippen molar-refractivity contribution in [2.24, 2.45) is 0 Å². The van der Waals surface area contributed by atoms with Gasteiger partial charge in [0, 0.05) is 0 Å². The summed E-state index contributed by atoms with van der Waals surface area (Å²) in [6, 6.07) is 0. The fourth-order valence-electron chi connectivity index (χ4n) is 0.968.